The van der Waals surface area contributed by atoms with Gasteiger partial charge in [0.25, 0.3) is 0 Å². The number of halogens is 2. The number of nitrogens with one attached hydrogen (secondary N) is 1. The van der Waals surface area contributed by atoms with E-state index in [1.807, 2.05) is 19.2 Å². The van der Waals surface area contributed by atoms with Crippen LogP contribution in [0.2, 0.25) is 5.15 Å². The summed E-state index contributed by atoms with van der Waals surface area (Å²) in [6.45, 7) is 2.69. The summed E-state index contributed by atoms with van der Waals surface area (Å²) in [5, 5.41) is 3.58. The fourth-order valence-electron chi connectivity index (χ4n) is 1.33. The zero-order chi connectivity index (χ0) is 12.3. The van der Waals surface area contributed by atoms with Gasteiger partial charge in [-0.1, -0.05) is 11.6 Å². The number of hydrogen-bond donors (Lipinski definition) is 1. The van der Waals surface area contributed by atoms with Crippen molar-refractivity contribution in [2.75, 3.05) is 5.32 Å². The van der Waals surface area contributed by atoms with Crippen LogP contribution in [0.25, 0.3) is 0 Å². The van der Waals surface area contributed by atoms with Crippen LogP contribution in [-0.2, 0) is 6.54 Å². The summed E-state index contributed by atoms with van der Waals surface area (Å²) in [4.78, 5) is 12.1. The van der Waals surface area contributed by atoms with Gasteiger partial charge in [0.05, 0.1) is 4.47 Å². The molecule has 2 aromatic heterocycles. The van der Waals surface area contributed by atoms with Crippen molar-refractivity contribution in [3.63, 3.8) is 0 Å². The predicted molar refractivity (Wildman–Crippen MR) is 71.0 cm³/mol. The van der Waals surface area contributed by atoms with E-state index in [0.29, 0.717) is 22.0 Å². The van der Waals surface area contributed by atoms with Crippen molar-refractivity contribution >= 4 is 33.3 Å². The van der Waals surface area contributed by atoms with E-state index in [9.17, 15) is 0 Å². The Morgan fingerprint density at radius 3 is 3.00 bits per heavy atom. The number of aromatic nitrogens is 3. The zero-order valence-electron chi connectivity index (χ0n) is 9.11. The zero-order valence-corrected chi connectivity index (χ0v) is 11.5. The summed E-state index contributed by atoms with van der Waals surface area (Å²) in [7, 11) is 0. The summed E-state index contributed by atoms with van der Waals surface area (Å²) in [6.07, 6.45) is 5.03. The van der Waals surface area contributed by atoms with Gasteiger partial charge in [-0.3, -0.25) is 4.98 Å². The molecule has 2 heterocycles. The second kappa shape index (κ2) is 5.42. The van der Waals surface area contributed by atoms with Gasteiger partial charge in [0.1, 0.15) is 17.3 Å². The van der Waals surface area contributed by atoms with Crippen LogP contribution in [0.15, 0.2) is 29.3 Å². The number of pyridine rings is 1. The molecule has 0 aliphatic carbocycles. The van der Waals surface area contributed by atoms with Gasteiger partial charge in [-0.05, 0) is 40.0 Å². The Hall–Kier alpha value is -1.20. The lowest BCUT2D eigenvalue weighted by Gasteiger charge is -2.09. The molecule has 6 heteroatoms. The van der Waals surface area contributed by atoms with Crippen LogP contribution in [0.4, 0.5) is 5.82 Å². The van der Waals surface area contributed by atoms with Gasteiger partial charge >= 0.3 is 0 Å². The van der Waals surface area contributed by atoms with E-state index < -0.39 is 0 Å². The monoisotopic (exact) mass is 312 g/mol. The maximum atomic E-state index is 5.88. The fraction of sp³-hybridized carbons (Fsp3) is 0.182. The average Bonchev–Trinajstić information content (AvgIpc) is 2.33. The smallest absolute Gasteiger partial charge is 0.148 e. The quantitative estimate of drug-likeness (QED) is 0.884. The molecule has 1 N–H and O–H groups in total. The Morgan fingerprint density at radius 1 is 1.41 bits per heavy atom. The lowest BCUT2D eigenvalue weighted by molar-refractivity contribution is 1.04. The molecule has 4 nitrogen and oxygen atoms in total. The number of rotatable bonds is 3. The second-order valence-corrected chi connectivity index (χ2v) is 4.63. The van der Waals surface area contributed by atoms with Crippen LogP contribution in [0.3, 0.4) is 0 Å². The van der Waals surface area contributed by atoms with Crippen molar-refractivity contribution < 1.29 is 0 Å². The Balaban J connectivity index is 2.13. The third-order valence-corrected chi connectivity index (χ3v) is 3.61. The van der Waals surface area contributed by atoms with Crippen molar-refractivity contribution in [3.05, 3.63) is 45.5 Å². The van der Waals surface area contributed by atoms with Crippen molar-refractivity contribution in [1.82, 2.24) is 15.0 Å². The molecule has 17 heavy (non-hydrogen) atoms. The molecule has 0 aliphatic heterocycles. The molecule has 0 unspecified atom stereocenters. The molecule has 0 aromatic carbocycles. The molecule has 0 amide bonds. The number of hydrogen-bond acceptors (Lipinski definition) is 4. The lowest BCUT2D eigenvalue weighted by atomic mass is 10.1. The first-order valence-corrected chi connectivity index (χ1v) is 6.15. The van der Waals surface area contributed by atoms with E-state index in [-0.39, 0.29) is 0 Å². The van der Waals surface area contributed by atoms with E-state index >= 15 is 0 Å². The lowest BCUT2D eigenvalue weighted by Crippen LogP contribution is -2.04. The third kappa shape index (κ3) is 2.92. The molecule has 2 rings (SSSR count). The van der Waals surface area contributed by atoms with Gasteiger partial charge in [0, 0.05) is 18.9 Å². The third-order valence-electron chi connectivity index (χ3n) is 2.34. The minimum atomic E-state index is 0.394. The number of nitrogens with zero attached hydrogens (tertiary/aromatic N) is 3. The molecule has 88 valence electrons. The van der Waals surface area contributed by atoms with Gasteiger partial charge in [0.15, 0.2) is 0 Å². The Kier molecular flexibility index (Phi) is 3.91. The largest absolute Gasteiger partial charge is 0.365 e. The maximum absolute atomic E-state index is 5.88. The molecule has 0 saturated carbocycles. The first-order chi connectivity index (χ1) is 8.18. The summed E-state index contributed by atoms with van der Waals surface area (Å²) in [5.41, 5.74) is 2.30. The summed E-state index contributed by atoms with van der Waals surface area (Å²) < 4.78 is 0.670. The van der Waals surface area contributed by atoms with Gasteiger partial charge in [-0.2, -0.15) is 0 Å². The van der Waals surface area contributed by atoms with Crippen molar-refractivity contribution in [2.24, 2.45) is 0 Å². The Morgan fingerprint density at radius 2 is 2.24 bits per heavy atom. The van der Waals surface area contributed by atoms with Crippen LogP contribution in [0.1, 0.15) is 11.1 Å². The molecule has 0 atom stereocenters. The molecule has 0 radical (unpaired) electrons. The highest BCUT2D eigenvalue weighted by molar-refractivity contribution is 9.10. The summed E-state index contributed by atoms with van der Waals surface area (Å²) >= 11 is 9.21. The minimum absolute atomic E-state index is 0.394. The molecule has 0 bridgehead atoms. The van der Waals surface area contributed by atoms with E-state index in [1.54, 1.807) is 6.20 Å². The highest BCUT2D eigenvalue weighted by atomic mass is 79.9. The van der Waals surface area contributed by atoms with Crippen LogP contribution < -0.4 is 5.32 Å². The summed E-state index contributed by atoms with van der Waals surface area (Å²) in [6, 6.07) is 1.97. The van der Waals surface area contributed by atoms with Crippen molar-refractivity contribution in [2.45, 2.75) is 13.5 Å². The molecule has 0 fully saturated rings. The van der Waals surface area contributed by atoms with Crippen LogP contribution in [-0.4, -0.2) is 15.0 Å². The second-order valence-electron chi connectivity index (χ2n) is 3.48. The predicted octanol–water partition coefficient (Wildman–Crippen LogP) is 3.21. The Labute approximate surface area is 113 Å². The van der Waals surface area contributed by atoms with Crippen LogP contribution in [0, 0.1) is 6.92 Å². The molecule has 0 spiro atoms. The molecule has 2 aromatic rings. The van der Waals surface area contributed by atoms with Crippen LogP contribution >= 0.6 is 27.5 Å². The molecular formula is C11H10BrClN4. The van der Waals surface area contributed by atoms with Gasteiger partial charge in [0.2, 0.25) is 0 Å². The van der Waals surface area contributed by atoms with Crippen molar-refractivity contribution in [1.29, 1.82) is 0 Å². The first kappa shape index (κ1) is 12.3. The maximum Gasteiger partial charge on any atom is 0.148 e. The molecule has 0 aliphatic rings. The van der Waals surface area contributed by atoms with E-state index in [2.05, 4.69) is 36.2 Å². The van der Waals surface area contributed by atoms with E-state index in [1.165, 1.54) is 11.9 Å². The highest BCUT2D eigenvalue weighted by Crippen LogP contribution is 2.26. The summed E-state index contributed by atoms with van der Waals surface area (Å²) in [5.74, 6) is 0.674. The fourth-order valence-corrected chi connectivity index (χ4v) is 1.81. The molecular weight excluding hydrogens is 304 g/mol. The van der Waals surface area contributed by atoms with E-state index in [4.69, 9.17) is 11.6 Å². The highest BCUT2D eigenvalue weighted by Gasteiger charge is 2.06. The van der Waals surface area contributed by atoms with Gasteiger partial charge < -0.3 is 5.32 Å². The van der Waals surface area contributed by atoms with Crippen molar-refractivity contribution in [3.8, 4) is 0 Å². The SMILES string of the molecule is Cc1ccncc1CNc1ncnc(Cl)c1Br. The first-order valence-electron chi connectivity index (χ1n) is 4.98. The standard InChI is InChI=1S/C11H10BrClN4/c1-7-2-3-14-4-8(7)5-15-11-9(12)10(13)16-6-17-11/h2-4,6H,5H2,1H3,(H,15,16,17). The minimum Gasteiger partial charge on any atom is -0.365 e. The topological polar surface area (TPSA) is 50.7 Å². The average molecular weight is 314 g/mol. The Bertz CT molecular complexity index is 533. The van der Waals surface area contributed by atoms with Gasteiger partial charge in [-0.25, -0.2) is 9.97 Å². The van der Waals surface area contributed by atoms with Crippen LogP contribution in [0.5, 0.6) is 0 Å². The number of aryl methyl sites for hydroxylation is 1. The van der Waals surface area contributed by atoms with E-state index in [0.717, 1.165) is 5.56 Å². The normalized spacial score (nSPS) is 10.3. The van der Waals surface area contributed by atoms with Gasteiger partial charge in [-0.15, -0.1) is 0 Å². The molecule has 0 saturated heterocycles. The number of anilines is 1.